The molecule has 7 heteroatoms. The molecular formula is C12H15Br2NO4. The minimum Gasteiger partial charge on any atom is -0.465 e. The van der Waals surface area contributed by atoms with Crippen LogP contribution in [0.15, 0.2) is 15.0 Å². The lowest BCUT2D eigenvalue weighted by molar-refractivity contribution is 0.0598. The van der Waals surface area contributed by atoms with Gasteiger partial charge in [0, 0.05) is 11.0 Å². The summed E-state index contributed by atoms with van der Waals surface area (Å²) in [5.74, 6) is -0.468. The molecule has 0 radical (unpaired) electrons. The highest BCUT2D eigenvalue weighted by Crippen LogP contribution is 2.35. The van der Waals surface area contributed by atoms with Gasteiger partial charge in [-0.05, 0) is 50.4 Å². The highest BCUT2D eigenvalue weighted by Gasteiger charge is 2.20. The third kappa shape index (κ3) is 3.92. The molecule has 0 spiro atoms. The second-order valence-electron chi connectivity index (χ2n) is 3.95. The Morgan fingerprint density at radius 2 is 2.16 bits per heavy atom. The number of halogens is 2. The number of benzene rings is 1. The van der Waals surface area contributed by atoms with Gasteiger partial charge in [0.15, 0.2) is 0 Å². The van der Waals surface area contributed by atoms with E-state index in [1.165, 1.54) is 7.11 Å². The zero-order valence-electron chi connectivity index (χ0n) is 10.5. The van der Waals surface area contributed by atoms with Gasteiger partial charge in [-0.1, -0.05) is 0 Å². The van der Waals surface area contributed by atoms with Gasteiger partial charge in [0.2, 0.25) is 0 Å². The first kappa shape index (κ1) is 16.4. The van der Waals surface area contributed by atoms with Crippen molar-refractivity contribution in [2.75, 3.05) is 25.6 Å². The van der Waals surface area contributed by atoms with Crippen molar-refractivity contribution in [3.8, 4) is 0 Å². The van der Waals surface area contributed by atoms with Gasteiger partial charge in [-0.15, -0.1) is 0 Å². The average molecular weight is 397 g/mol. The fraction of sp³-hybridized carbons (Fsp3) is 0.417. The second-order valence-corrected chi connectivity index (χ2v) is 5.60. The van der Waals surface area contributed by atoms with E-state index in [-0.39, 0.29) is 13.2 Å². The molecule has 0 aliphatic heterocycles. The Balaban J connectivity index is 3.14. The molecule has 0 fully saturated rings. The number of anilines is 1. The van der Waals surface area contributed by atoms with E-state index in [9.17, 15) is 9.90 Å². The van der Waals surface area contributed by atoms with Crippen LogP contribution in [0.2, 0.25) is 0 Å². The van der Waals surface area contributed by atoms with E-state index in [1.807, 2.05) is 6.92 Å². The van der Waals surface area contributed by atoms with Crippen LogP contribution in [0, 0.1) is 6.92 Å². The van der Waals surface area contributed by atoms with Crippen molar-refractivity contribution in [2.45, 2.75) is 13.0 Å². The van der Waals surface area contributed by atoms with Crippen LogP contribution >= 0.6 is 31.9 Å². The van der Waals surface area contributed by atoms with Gasteiger partial charge in [-0.25, -0.2) is 4.79 Å². The molecule has 1 atom stereocenters. The molecule has 1 aromatic rings. The first-order valence-electron chi connectivity index (χ1n) is 5.52. The van der Waals surface area contributed by atoms with Crippen LogP contribution in [0.25, 0.3) is 0 Å². The lowest BCUT2D eigenvalue weighted by Crippen LogP contribution is -2.23. The quantitative estimate of drug-likeness (QED) is 0.664. The predicted octanol–water partition coefficient (Wildman–Crippen LogP) is 2.07. The Hall–Kier alpha value is -0.630. The number of carbonyl (C=O) groups is 1. The number of aryl methyl sites for hydroxylation is 1. The molecular weight excluding hydrogens is 382 g/mol. The Bertz CT molecular complexity index is 479. The minimum atomic E-state index is -0.864. The van der Waals surface area contributed by atoms with E-state index in [0.29, 0.717) is 20.2 Å². The summed E-state index contributed by atoms with van der Waals surface area (Å²) < 4.78 is 5.90. The van der Waals surface area contributed by atoms with E-state index < -0.39 is 12.1 Å². The molecule has 1 aromatic carbocycles. The molecule has 0 amide bonds. The van der Waals surface area contributed by atoms with E-state index in [0.717, 1.165) is 5.56 Å². The third-order valence-corrected chi connectivity index (χ3v) is 3.95. The van der Waals surface area contributed by atoms with Crippen molar-refractivity contribution in [3.05, 3.63) is 26.1 Å². The van der Waals surface area contributed by atoms with Crippen LogP contribution in [0.3, 0.4) is 0 Å². The van der Waals surface area contributed by atoms with Gasteiger partial charge in [0.25, 0.3) is 0 Å². The SMILES string of the molecule is COC(=O)c1c(Br)cc(C)c(NCC(O)CO)c1Br. The molecule has 1 rings (SSSR count). The Labute approximate surface area is 128 Å². The second kappa shape index (κ2) is 7.23. The van der Waals surface area contributed by atoms with Crippen LogP contribution in [-0.2, 0) is 4.74 Å². The Kier molecular flexibility index (Phi) is 6.25. The van der Waals surface area contributed by atoms with Gasteiger partial charge < -0.3 is 20.3 Å². The fourth-order valence-corrected chi connectivity index (χ4v) is 3.33. The molecule has 5 nitrogen and oxygen atoms in total. The summed E-state index contributed by atoms with van der Waals surface area (Å²) in [6.45, 7) is 1.71. The summed E-state index contributed by atoms with van der Waals surface area (Å²) >= 11 is 6.68. The van der Waals surface area contributed by atoms with Gasteiger partial charge in [0.1, 0.15) is 0 Å². The molecule has 0 bridgehead atoms. The van der Waals surface area contributed by atoms with Crippen LogP contribution in [0.4, 0.5) is 5.69 Å². The zero-order valence-corrected chi connectivity index (χ0v) is 13.7. The van der Waals surface area contributed by atoms with Crippen molar-refractivity contribution in [3.63, 3.8) is 0 Å². The highest BCUT2D eigenvalue weighted by molar-refractivity contribution is 9.11. The van der Waals surface area contributed by atoms with E-state index >= 15 is 0 Å². The fourth-order valence-electron chi connectivity index (χ4n) is 1.53. The predicted molar refractivity (Wildman–Crippen MR) is 79.5 cm³/mol. The Morgan fingerprint density at radius 1 is 1.53 bits per heavy atom. The van der Waals surface area contributed by atoms with Crippen LogP contribution in [-0.4, -0.2) is 42.5 Å². The number of esters is 1. The molecule has 3 N–H and O–H groups in total. The summed E-state index contributed by atoms with van der Waals surface area (Å²) in [6, 6.07) is 1.78. The largest absolute Gasteiger partial charge is 0.465 e. The maximum Gasteiger partial charge on any atom is 0.340 e. The number of aliphatic hydroxyl groups excluding tert-OH is 2. The third-order valence-electron chi connectivity index (χ3n) is 2.53. The standard InChI is InChI=1S/C12H15Br2NO4/c1-6-3-8(13)9(12(18)19-2)10(14)11(6)15-4-7(17)5-16/h3,7,15-17H,4-5H2,1-2H3. The molecule has 0 aliphatic rings. The number of hydrogen-bond acceptors (Lipinski definition) is 5. The summed E-state index contributed by atoms with van der Waals surface area (Å²) in [5.41, 5.74) is 1.93. The number of aliphatic hydroxyl groups is 2. The van der Waals surface area contributed by atoms with Crippen LogP contribution in [0.1, 0.15) is 15.9 Å². The minimum absolute atomic E-state index is 0.179. The molecule has 0 heterocycles. The van der Waals surface area contributed by atoms with Crippen LogP contribution in [0.5, 0.6) is 0 Å². The average Bonchev–Trinajstić information content (AvgIpc) is 2.37. The van der Waals surface area contributed by atoms with E-state index in [1.54, 1.807) is 6.07 Å². The van der Waals surface area contributed by atoms with Gasteiger partial charge in [-0.3, -0.25) is 0 Å². The van der Waals surface area contributed by atoms with Crippen molar-refractivity contribution >= 4 is 43.5 Å². The number of rotatable bonds is 5. The number of nitrogens with one attached hydrogen (secondary N) is 1. The van der Waals surface area contributed by atoms with Gasteiger partial charge >= 0.3 is 5.97 Å². The van der Waals surface area contributed by atoms with Gasteiger partial charge in [-0.2, -0.15) is 0 Å². The normalized spacial score (nSPS) is 12.1. The van der Waals surface area contributed by atoms with Crippen molar-refractivity contribution < 1.29 is 19.7 Å². The maximum atomic E-state index is 11.7. The van der Waals surface area contributed by atoms with E-state index in [4.69, 9.17) is 9.84 Å². The molecule has 106 valence electrons. The van der Waals surface area contributed by atoms with Crippen LogP contribution < -0.4 is 5.32 Å². The maximum absolute atomic E-state index is 11.7. The van der Waals surface area contributed by atoms with Crippen molar-refractivity contribution in [1.82, 2.24) is 0 Å². The van der Waals surface area contributed by atoms with E-state index in [2.05, 4.69) is 37.2 Å². The lowest BCUT2D eigenvalue weighted by Gasteiger charge is -2.17. The topological polar surface area (TPSA) is 78.8 Å². The van der Waals surface area contributed by atoms with Gasteiger partial charge in [0.05, 0.1) is 35.5 Å². The summed E-state index contributed by atoms with van der Waals surface area (Å²) in [6.07, 6.45) is -0.864. The lowest BCUT2D eigenvalue weighted by atomic mass is 10.1. The molecule has 0 aliphatic carbocycles. The first-order valence-corrected chi connectivity index (χ1v) is 7.10. The number of methoxy groups -OCH3 is 1. The molecule has 0 aromatic heterocycles. The number of hydrogen-bond donors (Lipinski definition) is 3. The smallest absolute Gasteiger partial charge is 0.340 e. The monoisotopic (exact) mass is 395 g/mol. The molecule has 1 unspecified atom stereocenters. The summed E-state index contributed by atoms with van der Waals surface area (Å²) in [4.78, 5) is 11.7. The summed E-state index contributed by atoms with van der Waals surface area (Å²) in [7, 11) is 1.31. The highest BCUT2D eigenvalue weighted by atomic mass is 79.9. The van der Waals surface area contributed by atoms with Crippen molar-refractivity contribution in [1.29, 1.82) is 0 Å². The molecule has 0 saturated carbocycles. The number of carbonyl (C=O) groups excluding carboxylic acids is 1. The molecule has 19 heavy (non-hydrogen) atoms. The summed E-state index contributed by atoms with van der Waals surface area (Å²) in [5, 5.41) is 21.1. The first-order chi connectivity index (χ1) is 8.92. The van der Waals surface area contributed by atoms with Crippen molar-refractivity contribution in [2.24, 2.45) is 0 Å². The Morgan fingerprint density at radius 3 is 2.68 bits per heavy atom. The number of ether oxygens (including phenoxy) is 1. The zero-order chi connectivity index (χ0) is 14.6. The molecule has 0 saturated heterocycles.